The van der Waals surface area contributed by atoms with E-state index in [-0.39, 0.29) is 34.3 Å². The number of ketones is 1. The molecule has 0 heterocycles. The molecule has 6 atom stereocenters. The second-order valence-electron chi connectivity index (χ2n) is 12.5. The standard InChI is InChI=1S/C28H37NO3/c1-17-18-6-7-23-27(4,20(18)14-22(31)24(17)29-32)9-8-19-21-15-25(2,16-30)10-11-26(21,3)12-13-28(19,23)5/h6-7,14,19,21,30H,8-13,15-16H2,1-5H3/t19?,21?,25-,26-,27+,28+/m1/s1. The molecule has 0 spiro atoms. The van der Waals surface area contributed by atoms with Crippen molar-refractivity contribution < 1.29 is 9.90 Å². The zero-order valence-electron chi connectivity index (χ0n) is 20.3. The first-order chi connectivity index (χ1) is 15.0. The van der Waals surface area contributed by atoms with Gasteiger partial charge in [0.05, 0.1) is 0 Å². The summed E-state index contributed by atoms with van der Waals surface area (Å²) in [4.78, 5) is 24.0. The quantitative estimate of drug-likeness (QED) is 0.509. The predicted octanol–water partition coefficient (Wildman–Crippen LogP) is 6.42. The van der Waals surface area contributed by atoms with Gasteiger partial charge >= 0.3 is 0 Å². The maximum Gasteiger partial charge on any atom is 0.208 e. The maximum absolute atomic E-state index is 12.7. The molecule has 0 bridgehead atoms. The Morgan fingerprint density at radius 3 is 2.44 bits per heavy atom. The van der Waals surface area contributed by atoms with Gasteiger partial charge in [0.2, 0.25) is 5.78 Å². The Morgan fingerprint density at radius 1 is 1.03 bits per heavy atom. The Morgan fingerprint density at radius 2 is 1.75 bits per heavy atom. The molecule has 0 radical (unpaired) electrons. The lowest BCUT2D eigenvalue weighted by Gasteiger charge is -2.65. The summed E-state index contributed by atoms with van der Waals surface area (Å²) >= 11 is 0. The van der Waals surface area contributed by atoms with E-state index in [1.54, 1.807) is 6.08 Å². The van der Waals surface area contributed by atoms with Crippen LogP contribution in [0, 0.1) is 38.4 Å². The summed E-state index contributed by atoms with van der Waals surface area (Å²) < 4.78 is 0. The van der Waals surface area contributed by atoms with Crippen LogP contribution in [0.1, 0.15) is 79.6 Å². The third kappa shape index (κ3) is 2.74. The third-order valence-corrected chi connectivity index (χ3v) is 10.6. The second kappa shape index (κ2) is 6.85. The fourth-order valence-electron chi connectivity index (χ4n) is 8.37. The highest BCUT2D eigenvalue weighted by atomic mass is 16.3. The largest absolute Gasteiger partial charge is 0.396 e. The Hall–Kier alpha value is -1.81. The molecular weight excluding hydrogens is 398 g/mol. The van der Waals surface area contributed by atoms with Gasteiger partial charge in [-0.25, -0.2) is 0 Å². The summed E-state index contributed by atoms with van der Waals surface area (Å²) in [5, 5.41) is 13.2. The van der Waals surface area contributed by atoms with Crippen molar-refractivity contribution in [2.24, 2.45) is 38.7 Å². The van der Waals surface area contributed by atoms with E-state index in [4.69, 9.17) is 0 Å². The highest BCUT2D eigenvalue weighted by Gasteiger charge is 2.61. The van der Waals surface area contributed by atoms with Gasteiger partial charge in [0.25, 0.3) is 0 Å². The van der Waals surface area contributed by atoms with E-state index in [2.05, 4.69) is 45.0 Å². The molecule has 4 nitrogen and oxygen atoms in total. The van der Waals surface area contributed by atoms with E-state index in [0.29, 0.717) is 22.8 Å². The number of rotatable bonds is 2. The number of allylic oxidation sites excluding steroid dienone is 7. The molecule has 3 fully saturated rings. The number of nitroso groups, excluding NO2 is 1. The van der Waals surface area contributed by atoms with Gasteiger partial charge < -0.3 is 5.11 Å². The van der Waals surface area contributed by atoms with Crippen LogP contribution in [0.5, 0.6) is 0 Å². The number of hydrogen-bond donors (Lipinski definition) is 1. The van der Waals surface area contributed by atoms with Crippen LogP contribution in [0.4, 0.5) is 0 Å². The number of aliphatic hydroxyl groups excluding tert-OH is 1. The molecule has 0 aromatic carbocycles. The Balaban J connectivity index is 1.60. The predicted molar refractivity (Wildman–Crippen MR) is 127 cm³/mol. The molecule has 5 aliphatic carbocycles. The molecule has 32 heavy (non-hydrogen) atoms. The van der Waals surface area contributed by atoms with Gasteiger partial charge in [0, 0.05) is 12.0 Å². The minimum absolute atomic E-state index is 0.0374. The molecule has 3 saturated carbocycles. The summed E-state index contributed by atoms with van der Waals surface area (Å²) in [7, 11) is 0. The Kier molecular flexibility index (Phi) is 4.71. The van der Waals surface area contributed by atoms with Crippen LogP contribution in [0.2, 0.25) is 0 Å². The average molecular weight is 436 g/mol. The van der Waals surface area contributed by atoms with E-state index < -0.39 is 0 Å². The maximum atomic E-state index is 12.7. The van der Waals surface area contributed by atoms with E-state index in [1.807, 2.05) is 6.92 Å². The summed E-state index contributed by atoms with van der Waals surface area (Å²) in [6.07, 6.45) is 14.2. The van der Waals surface area contributed by atoms with Crippen molar-refractivity contribution in [3.8, 4) is 0 Å². The highest BCUT2D eigenvalue weighted by molar-refractivity contribution is 6.08. The molecule has 5 aliphatic rings. The van der Waals surface area contributed by atoms with Crippen LogP contribution >= 0.6 is 0 Å². The zero-order valence-corrected chi connectivity index (χ0v) is 20.3. The number of nitrogens with zero attached hydrogens (tertiary/aromatic N) is 1. The molecule has 5 rings (SSSR count). The van der Waals surface area contributed by atoms with Crippen molar-refractivity contribution in [1.82, 2.24) is 0 Å². The van der Waals surface area contributed by atoms with Crippen molar-refractivity contribution in [1.29, 1.82) is 0 Å². The van der Waals surface area contributed by atoms with Crippen molar-refractivity contribution in [3.63, 3.8) is 0 Å². The molecule has 0 saturated heterocycles. The molecule has 0 aliphatic heterocycles. The van der Waals surface area contributed by atoms with Crippen LogP contribution < -0.4 is 0 Å². The molecule has 1 N–H and O–H groups in total. The minimum Gasteiger partial charge on any atom is -0.396 e. The lowest BCUT2D eigenvalue weighted by molar-refractivity contribution is -0.112. The van der Waals surface area contributed by atoms with E-state index in [9.17, 15) is 14.8 Å². The lowest BCUT2D eigenvalue weighted by atomic mass is 9.40. The SMILES string of the molecule is CC1=C(N=O)C(=O)C=C2C1=CC=C1[C@@]2(C)CCC2C3C[C@](C)(CO)CC[C@]3(C)CC[C@]12C. The normalized spacial score (nSPS) is 45.6. The average Bonchev–Trinajstić information content (AvgIpc) is 2.75. The Bertz CT molecular complexity index is 1030. The summed E-state index contributed by atoms with van der Waals surface area (Å²) in [5.41, 5.74) is 4.66. The topological polar surface area (TPSA) is 66.7 Å². The third-order valence-electron chi connectivity index (χ3n) is 10.6. The monoisotopic (exact) mass is 435 g/mol. The van der Waals surface area contributed by atoms with Crippen LogP contribution in [0.15, 0.2) is 51.4 Å². The van der Waals surface area contributed by atoms with Crippen LogP contribution in [-0.2, 0) is 4.79 Å². The summed E-state index contributed by atoms with van der Waals surface area (Å²) in [5.74, 6) is 0.976. The fraction of sp³-hybridized carbons (Fsp3) is 0.679. The number of hydrogen-bond acceptors (Lipinski definition) is 4. The minimum atomic E-state index is -0.249. The molecule has 0 aromatic heterocycles. The first kappa shape index (κ1) is 22.0. The van der Waals surface area contributed by atoms with E-state index >= 15 is 0 Å². The lowest BCUT2D eigenvalue weighted by Crippen LogP contribution is -2.56. The van der Waals surface area contributed by atoms with Gasteiger partial charge in [0.15, 0.2) is 5.70 Å². The Labute approximate surface area is 191 Å². The van der Waals surface area contributed by atoms with E-state index in [0.717, 1.165) is 36.8 Å². The summed E-state index contributed by atoms with van der Waals surface area (Å²) in [6, 6.07) is 0. The van der Waals surface area contributed by atoms with Crippen LogP contribution in [0.3, 0.4) is 0 Å². The number of carbonyl (C=O) groups is 1. The van der Waals surface area contributed by atoms with Gasteiger partial charge in [-0.05, 0) is 108 Å². The summed E-state index contributed by atoms with van der Waals surface area (Å²) in [6.45, 7) is 11.7. The van der Waals surface area contributed by atoms with Crippen molar-refractivity contribution in [3.05, 3.63) is 51.1 Å². The number of fused-ring (bicyclic) bond motifs is 7. The number of carbonyl (C=O) groups excluding carboxylic acids is 1. The van der Waals surface area contributed by atoms with Gasteiger partial charge in [-0.2, -0.15) is 0 Å². The molecule has 172 valence electrons. The van der Waals surface area contributed by atoms with Gasteiger partial charge in [0.1, 0.15) is 0 Å². The van der Waals surface area contributed by atoms with Crippen molar-refractivity contribution >= 4 is 5.78 Å². The molecule has 0 amide bonds. The number of aliphatic hydroxyl groups is 1. The highest BCUT2D eigenvalue weighted by Crippen LogP contribution is 2.70. The van der Waals surface area contributed by atoms with Gasteiger partial charge in [-0.1, -0.05) is 45.4 Å². The van der Waals surface area contributed by atoms with Gasteiger partial charge in [-0.3, -0.25) is 4.79 Å². The molecule has 2 unspecified atom stereocenters. The second-order valence-corrected chi connectivity index (χ2v) is 12.5. The zero-order chi connectivity index (χ0) is 23.1. The first-order valence-electron chi connectivity index (χ1n) is 12.4. The smallest absolute Gasteiger partial charge is 0.208 e. The first-order valence-corrected chi connectivity index (χ1v) is 12.4. The molecular formula is C28H37NO3. The van der Waals surface area contributed by atoms with Crippen molar-refractivity contribution in [2.75, 3.05) is 6.61 Å². The fourth-order valence-corrected chi connectivity index (χ4v) is 8.37. The molecule has 0 aromatic rings. The van der Waals surface area contributed by atoms with Gasteiger partial charge in [-0.15, -0.1) is 4.91 Å². The van der Waals surface area contributed by atoms with Crippen molar-refractivity contribution in [2.45, 2.75) is 79.6 Å². The van der Waals surface area contributed by atoms with Crippen LogP contribution in [-0.4, -0.2) is 17.5 Å². The van der Waals surface area contributed by atoms with E-state index in [1.165, 1.54) is 24.8 Å². The van der Waals surface area contributed by atoms with Crippen LogP contribution in [0.25, 0.3) is 0 Å². The molecule has 4 heteroatoms.